The van der Waals surface area contributed by atoms with Crippen molar-refractivity contribution in [3.63, 3.8) is 0 Å². The number of anilines is 2. The van der Waals surface area contributed by atoms with E-state index in [9.17, 15) is 14.9 Å². The molecule has 1 aliphatic rings. The summed E-state index contributed by atoms with van der Waals surface area (Å²) < 4.78 is 0. The molecule has 0 saturated carbocycles. The number of nitro groups is 1. The Bertz CT molecular complexity index is 918. The number of nitrogens with zero attached hydrogens (tertiary/aromatic N) is 1. The standard InChI is InChI=1S/C19H22ClN3O3S/c1-19(2,3)10-4-6-12-15(8-10)27-17(21)16(12)18(24)22-14-9-11(23(25)26)5-7-13(14)20/h5,7,9-10H,4,6,8,21H2,1-3H3,(H,22,24)/t10-/m0/s1. The number of benzene rings is 1. The van der Waals surface area contributed by atoms with Crippen molar-refractivity contribution in [3.8, 4) is 0 Å². The number of amides is 1. The van der Waals surface area contributed by atoms with Gasteiger partial charge in [0.15, 0.2) is 0 Å². The van der Waals surface area contributed by atoms with E-state index in [1.54, 1.807) is 0 Å². The van der Waals surface area contributed by atoms with Crippen molar-refractivity contribution in [1.29, 1.82) is 0 Å². The summed E-state index contributed by atoms with van der Waals surface area (Å²) in [5.74, 6) is 0.173. The molecule has 27 heavy (non-hydrogen) atoms. The molecule has 144 valence electrons. The molecule has 6 nitrogen and oxygen atoms in total. The van der Waals surface area contributed by atoms with Gasteiger partial charge in [0, 0.05) is 17.0 Å². The topological polar surface area (TPSA) is 98.3 Å². The van der Waals surface area contributed by atoms with Gasteiger partial charge in [-0.15, -0.1) is 11.3 Å². The smallest absolute Gasteiger partial charge is 0.271 e. The number of non-ortho nitro benzene ring substituents is 1. The first-order chi connectivity index (χ1) is 12.6. The zero-order chi connectivity index (χ0) is 19.9. The average molecular weight is 408 g/mol. The molecule has 3 N–H and O–H groups in total. The van der Waals surface area contributed by atoms with Crippen molar-refractivity contribution >= 4 is 45.2 Å². The zero-order valence-corrected chi connectivity index (χ0v) is 17.0. The molecule has 0 unspecified atom stereocenters. The fraction of sp³-hybridized carbons (Fsp3) is 0.421. The highest BCUT2D eigenvalue weighted by Crippen LogP contribution is 2.43. The molecule has 1 aromatic carbocycles. The number of carbonyl (C=O) groups is 1. The number of hydrogen-bond acceptors (Lipinski definition) is 5. The maximum Gasteiger partial charge on any atom is 0.271 e. The van der Waals surface area contributed by atoms with E-state index < -0.39 is 4.92 Å². The van der Waals surface area contributed by atoms with Gasteiger partial charge in [-0.25, -0.2) is 0 Å². The average Bonchev–Trinajstić information content (AvgIpc) is 2.90. The number of hydrogen-bond donors (Lipinski definition) is 2. The third-order valence-electron chi connectivity index (χ3n) is 5.15. The molecule has 0 aliphatic heterocycles. The Balaban J connectivity index is 1.89. The van der Waals surface area contributed by atoms with Crippen LogP contribution in [0.1, 0.15) is 48.0 Å². The van der Waals surface area contributed by atoms with Crippen LogP contribution in [0.3, 0.4) is 0 Å². The summed E-state index contributed by atoms with van der Waals surface area (Å²) in [7, 11) is 0. The molecule has 1 atom stereocenters. The second-order valence-electron chi connectivity index (χ2n) is 7.92. The molecule has 0 spiro atoms. The Morgan fingerprint density at radius 3 is 2.74 bits per heavy atom. The second-order valence-corrected chi connectivity index (χ2v) is 9.47. The minimum Gasteiger partial charge on any atom is -0.390 e. The molecule has 2 aromatic rings. The van der Waals surface area contributed by atoms with Gasteiger partial charge < -0.3 is 11.1 Å². The lowest BCUT2D eigenvalue weighted by atomic mass is 9.72. The summed E-state index contributed by atoms with van der Waals surface area (Å²) in [4.78, 5) is 24.5. The molecule has 1 aromatic heterocycles. The predicted molar refractivity (Wildman–Crippen MR) is 110 cm³/mol. The van der Waals surface area contributed by atoms with E-state index in [1.807, 2.05) is 0 Å². The molecule has 3 rings (SSSR count). The highest BCUT2D eigenvalue weighted by Gasteiger charge is 2.33. The van der Waals surface area contributed by atoms with Gasteiger partial charge in [0.25, 0.3) is 11.6 Å². The van der Waals surface area contributed by atoms with Crippen LogP contribution in [0, 0.1) is 21.4 Å². The summed E-state index contributed by atoms with van der Waals surface area (Å²) in [6.45, 7) is 6.70. The van der Waals surface area contributed by atoms with E-state index in [4.69, 9.17) is 17.3 Å². The van der Waals surface area contributed by atoms with Crippen molar-refractivity contribution in [1.82, 2.24) is 0 Å². The maximum absolute atomic E-state index is 12.9. The number of fused-ring (bicyclic) bond motifs is 1. The summed E-state index contributed by atoms with van der Waals surface area (Å²) in [6.07, 6.45) is 2.72. The van der Waals surface area contributed by atoms with Gasteiger partial charge in [-0.3, -0.25) is 14.9 Å². The lowest BCUT2D eigenvalue weighted by Crippen LogP contribution is -2.27. The number of thiophene rings is 1. The Kier molecular flexibility index (Phi) is 5.18. The normalized spacial score (nSPS) is 16.7. The highest BCUT2D eigenvalue weighted by atomic mass is 35.5. The van der Waals surface area contributed by atoms with Gasteiger partial charge >= 0.3 is 0 Å². The van der Waals surface area contributed by atoms with Crippen LogP contribution in [0.5, 0.6) is 0 Å². The van der Waals surface area contributed by atoms with Crippen molar-refractivity contribution in [3.05, 3.63) is 49.3 Å². The summed E-state index contributed by atoms with van der Waals surface area (Å²) in [5.41, 5.74) is 7.91. The molecular weight excluding hydrogens is 386 g/mol. The summed E-state index contributed by atoms with van der Waals surface area (Å²) in [6, 6.07) is 3.95. The number of carbonyl (C=O) groups excluding carboxylic acids is 1. The largest absolute Gasteiger partial charge is 0.390 e. The van der Waals surface area contributed by atoms with Gasteiger partial charge in [0.2, 0.25) is 0 Å². The predicted octanol–water partition coefficient (Wildman–Crippen LogP) is 5.30. The van der Waals surface area contributed by atoms with E-state index >= 15 is 0 Å². The summed E-state index contributed by atoms with van der Waals surface area (Å²) in [5, 5.41) is 14.4. The number of nitrogen functional groups attached to an aromatic ring is 1. The first kappa shape index (κ1) is 19.6. The van der Waals surface area contributed by atoms with Crippen LogP contribution in [-0.2, 0) is 12.8 Å². The Morgan fingerprint density at radius 1 is 1.41 bits per heavy atom. The zero-order valence-electron chi connectivity index (χ0n) is 15.5. The van der Waals surface area contributed by atoms with Crippen LogP contribution in [0.4, 0.5) is 16.4 Å². The van der Waals surface area contributed by atoms with Crippen LogP contribution in [0.15, 0.2) is 18.2 Å². The van der Waals surface area contributed by atoms with Crippen molar-refractivity contribution in [2.45, 2.75) is 40.0 Å². The molecule has 8 heteroatoms. The number of nitrogens with two attached hydrogens (primary N) is 1. The fourth-order valence-corrected chi connectivity index (χ4v) is 4.86. The quantitative estimate of drug-likeness (QED) is 0.533. The van der Waals surface area contributed by atoms with Crippen LogP contribution in [0.25, 0.3) is 0 Å². The first-order valence-electron chi connectivity index (χ1n) is 8.73. The lowest BCUT2D eigenvalue weighted by molar-refractivity contribution is -0.384. The van der Waals surface area contributed by atoms with Crippen LogP contribution < -0.4 is 11.1 Å². The Hall–Kier alpha value is -2.12. The minimum atomic E-state index is -0.528. The van der Waals surface area contributed by atoms with E-state index in [2.05, 4.69) is 26.1 Å². The Morgan fingerprint density at radius 2 is 2.11 bits per heavy atom. The van der Waals surface area contributed by atoms with Crippen LogP contribution in [-0.4, -0.2) is 10.8 Å². The molecule has 0 bridgehead atoms. The van der Waals surface area contributed by atoms with Crippen molar-refractivity contribution in [2.75, 3.05) is 11.1 Å². The second kappa shape index (κ2) is 7.13. The van der Waals surface area contributed by atoms with Crippen LogP contribution >= 0.6 is 22.9 Å². The van der Waals surface area contributed by atoms with Gasteiger partial charge in [-0.05, 0) is 42.2 Å². The Labute approximate surface area is 166 Å². The molecule has 0 radical (unpaired) electrons. The number of nitro benzene ring substituents is 1. The number of halogens is 1. The summed E-state index contributed by atoms with van der Waals surface area (Å²) >= 11 is 7.56. The molecule has 1 heterocycles. The highest BCUT2D eigenvalue weighted by molar-refractivity contribution is 7.16. The van der Waals surface area contributed by atoms with E-state index in [-0.39, 0.29) is 27.7 Å². The molecular formula is C19H22ClN3O3S. The molecule has 0 saturated heterocycles. The number of nitrogens with one attached hydrogen (secondary N) is 1. The van der Waals surface area contributed by atoms with Crippen molar-refractivity contribution < 1.29 is 9.72 Å². The third kappa shape index (κ3) is 3.94. The van der Waals surface area contributed by atoms with E-state index in [1.165, 1.54) is 29.5 Å². The molecule has 0 fully saturated rings. The first-order valence-corrected chi connectivity index (χ1v) is 9.92. The monoisotopic (exact) mass is 407 g/mol. The SMILES string of the molecule is CC(C)(C)[C@H]1CCc2c(sc(N)c2C(=O)Nc2cc([N+](=O)[O-])ccc2Cl)C1. The van der Waals surface area contributed by atoms with Crippen LogP contribution in [0.2, 0.25) is 5.02 Å². The lowest BCUT2D eigenvalue weighted by Gasteiger charge is -2.33. The van der Waals surface area contributed by atoms with E-state index in [0.29, 0.717) is 16.5 Å². The van der Waals surface area contributed by atoms with Gasteiger partial charge in [-0.2, -0.15) is 0 Å². The fourth-order valence-electron chi connectivity index (χ4n) is 3.50. The number of rotatable bonds is 3. The maximum atomic E-state index is 12.9. The minimum absolute atomic E-state index is 0.136. The third-order valence-corrected chi connectivity index (χ3v) is 6.57. The van der Waals surface area contributed by atoms with Gasteiger partial charge in [0.05, 0.1) is 26.2 Å². The molecule has 1 aliphatic carbocycles. The van der Waals surface area contributed by atoms with Gasteiger partial charge in [-0.1, -0.05) is 32.4 Å². The van der Waals surface area contributed by atoms with Crippen molar-refractivity contribution in [2.24, 2.45) is 11.3 Å². The molecule has 1 amide bonds. The van der Waals surface area contributed by atoms with Gasteiger partial charge in [0.1, 0.15) is 0 Å². The van der Waals surface area contributed by atoms with E-state index in [0.717, 1.165) is 29.7 Å².